The van der Waals surface area contributed by atoms with Gasteiger partial charge in [-0.3, -0.25) is 9.59 Å². The Kier molecular flexibility index (Phi) is 6.05. The summed E-state index contributed by atoms with van der Waals surface area (Å²) < 4.78 is 19.3. The third-order valence-electron chi connectivity index (χ3n) is 5.71. The minimum Gasteiger partial charge on any atom is -0.489 e. The van der Waals surface area contributed by atoms with Gasteiger partial charge in [0.2, 0.25) is 11.1 Å². The smallest absolute Gasteiger partial charge is 0.233 e. The number of nitrogens with one attached hydrogen (secondary N) is 1. The molecular formula is C25H21ClFNO3. The molecule has 1 aliphatic heterocycles. The van der Waals surface area contributed by atoms with Gasteiger partial charge in [-0.05, 0) is 59.0 Å². The molecular weight excluding hydrogens is 417 g/mol. The van der Waals surface area contributed by atoms with Crippen LogP contribution in [0.3, 0.4) is 0 Å². The van der Waals surface area contributed by atoms with Crippen molar-refractivity contribution in [2.75, 3.05) is 0 Å². The van der Waals surface area contributed by atoms with Crippen LogP contribution in [0.5, 0.6) is 5.75 Å². The van der Waals surface area contributed by atoms with Crippen LogP contribution in [0.4, 0.5) is 4.39 Å². The zero-order valence-electron chi connectivity index (χ0n) is 16.7. The first-order chi connectivity index (χ1) is 15.0. The predicted molar refractivity (Wildman–Crippen MR) is 116 cm³/mol. The summed E-state index contributed by atoms with van der Waals surface area (Å²) in [5, 5.41) is 2.43. The highest BCUT2D eigenvalue weighted by atomic mass is 35.5. The molecule has 4 rings (SSSR count). The molecule has 6 heteroatoms. The van der Waals surface area contributed by atoms with Gasteiger partial charge in [-0.1, -0.05) is 54.6 Å². The third kappa shape index (κ3) is 4.32. The molecule has 31 heavy (non-hydrogen) atoms. The quantitative estimate of drug-likeness (QED) is 0.396. The monoisotopic (exact) mass is 437 g/mol. The first kappa shape index (κ1) is 21.1. The number of benzene rings is 3. The molecule has 0 bridgehead atoms. The number of amides is 1. The maximum absolute atomic E-state index is 13.5. The molecule has 0 aliphatic carbocycles. The van der Waals surface area contributed by atoms with Crippen molar-refractivity contribution in [3.8, 4) is 5.75 Å². The Hall–Kier alpha value is -3.18. The van der Waals surface area contributed by atoms with Crippen molar-refractivity contribution >= 4 is 22.8 Å². The number of hydrogen-bond donors (Lipinski definition) is 1. The summed E-state index contributed by atoms with van der Waals surface area (Å²) in [6.07, 6.45) is 0.283. The molecule has 1 N–H and O–H groups in total. The SMILES string of the molecule is O=C(Cl)CC[C@]1(c2ccc(F)cc2)C(=O)N[C@H]1c1ccc(OCc2ccccc2)cc1. The van der Waals surface area contributed by atoms with E-state index in [4.69, 9.17) is 16.3 Å². The summed E-state index contributed by atoms with van der Waals surface area (Å²) in [7, 11) is 0. The van der Waals surface area contributed by atoms with Crippen molar-refractivity contribution in [3.63, 3.8) is 0 Å². The van der Waals surface area contributed by atoms with Gasteiger partial charge in [0.05, 0.1) is 11.5 Å². The van der Waals surface area contributed by atoms with E-state index in [9.17, 15) is 14.0 Å². The zero-order valence-corrected chi connectivity index (χ0v) is 17.4. The minimum absolute atomic E-state index is 0.0428. The van der Waals surface area contributed by atoms with E-state index in [0.717, 1.165) is 11.1 Å². The molecule has 1 fully saturated rings. The van der Waals surface area contributed by atoms with E-state index in [0.29, 0.717) is 17.9 Å². The predicted octanol–water partition coefficient (Wildman–Crippen LogP) is 5.06. The van der Waals surface area contributed by atoms with Gasteiger partial charge in [-0.2, -0.15) is 0 Å². The van der Waals surface area contributed by atoms with Crippen LogP contribution in [0.25, 0.3) is 0 Å². The normalized spacial score (nSPS) is 19.9. The number of carbonyl (C=O) groups is 2. The van der Waals surface area contributed by atoms with Crippen molar-refractivity contribution < 1.29 is 18.7 Å². The summed E-state index contributed by atoms with van der Waals surface area (Å²) in [6, 6.07) is 22.8. The Bertz CT molecular complexity index is 1070. The Labute approximate surface area is 185 Å². The van der Waals surface area contributed by atoms with Gasteiger partial charge in [0.15, 0.2) is 0 Å². The number of rotatable bonds is 8. The molecule has 4 nitrogen and oxygen atoms in total. The highest BCUT2D eigenvalue weighted by Crippen LogP contribution is 2.48. The lowest BCUT2D eigenvalue weighted by molar-refractivity contribution is -0.139. The van der Waals surface area contributed by atoms with E-state index in [1.54, 1.807) is 12.1 Å². The molecule has 1 aliphatic rings. The highest BCUT2D eigenvalue weighted by molar-refractivity contribution is 6.63. The second kappa shape index (κ2) is 8.90. The standard InChI is InChI=1S/C25H21ClFNO3/c26-22(29)14-15-25(19-8-10-20(27)11-9-19)23(28-24(25)30)18-6-12-21(13-7-18)31-16-17-4-2-1-3-5-17/h1-13,23H,14-16H2,(H,28,30)/t23-,25+/m0/s1. The van der Waals surface area contributed by atoms with E-state index < -0.39 is 10.7 Å². The minimum atomic E-state index is -0.981. The van der Waals surface area contributed by atoms with Gasteiger partial charge in [0, 0.05) is 6.42 Å². The van der Waals surface area contributed by atoms with E-state index in [2.05, 4.69) is 5.32 Å². The molecule has 0 spiro atoms. The third-order valence-corrected chi connectivity index (χ3v) is 5.90. The lowest BCUT2D eigenvalue weighted by Gasteiger charge is -2.49. The van der Waals surface area contributed by atoms with Crippen LogP contribution in [-0.4, -0.2) is 11.1 Å². The summed E-state index contributed by atoms with van der Waals surface area (Å²) >= 11 is 5.58. The molecule has 1 amide bonds. The summed E-state index contributed by atoms with van der Waals surface area (Å²) in [5.41, 5.74) is 1.62. The van der Waals surface area contributed by atoms with Crippen LogP contribution in [0.15, 0.2) is 78.9 Å². The average molecular weight is 438 g/mol. The first-order valence-corrected chi connectivity index (χ1v) is 10.4. The highest BCUT2D eigenvalue weighted by Gasteiger charge is 2.56. The average Bonchev–Trinajstić information content (AvgIpc) is 2.78. The molecule has 3 aromatic carbocycles. The summed E-state index contributed by atoms with van der Waals surface area (Å²) in [6.45, 7) is 0.456. The molecule has 3 aromatic rings. The fourth-order valence-corrected chi connectivity index (χ4v) is 4.14. The van der Waals surface area contributed by atoms with E-state index in [1.807, 2.05) is 54.6 Å². The number of hydrogen-bond acceptors (Lipinski definition) is 3. The molecule has 0 unspecified atom stereocenters. The van der Waals surface area contributed by atoms with Crippen LogP contribution in [0.1, 0.15) is 35.6 Å². The zero-order chi connectivity index (χ0) is 21.8. The number of ether oxygens (including phenoxy) is 1. The van der Waals surface area contributed by atoms with Crippen molar-refractivity contribution in [1.29, 1.82) is 0 Å². The van der Waals surface area contributed by atoms with Gasteiger partial charge < -0.3 is 10.1 Å². The topological polar surface area (TPSA) is 55.4 Å². The van der Waals surface area contributed by atoms with Crippen LogP contribution in [-0.2, 0) is 21.6 Å². The Morgan fingerprint density at radius 2 is 1.68 bits per heavy atom. The molecule has 2 atom stereocenters. The summed E-state index contributed by atoms with van der Waals surface area (Å²) in [4.78, 5) is 24.2. The second-order valence-electron chi connectivity index (χ2n) is 7.58. The van der Waals surface area contributed by atoms with Crippen LogP contribution in [0, 0.1) is 5.82 Å². The number of carbonyl (C=O) groups excluding carboxylic acids is 2. The van der Waals surface area contributed by atoms with E-state index in [1.165, 1.54) is 12.1 Å². The van der Waals surface area contributed by atoms with Gasteiger partial charge in [0.1, 0.15) is 18.2 Å². The molecule has 1 heterocycles. The fourth-order valence-electron chi connectivity index (χ4n) is 4.04. The first-order valence-electron chi connectivity index (χ1n) is 10.0. The Morgan fingerprint density at radius 1 is 1.00 bits per heavy atom. The molecule has 0 radical (unpaired) electrons. The van der Waals surface area contributed by atoms with Crippen LogP contribution < -0.4 is 10.1 Å². The van der Waals surface area contributed by atoms with Gasteiger partial charge >= 0.3 is 0 Å². The van der Waals surface area contributed by atoms with Crippen molar-refractivity contribution in [2.45, 2.75) is 30.9 Å². The maximum Gasteiger partial charge on any atom is 0.233 e. The van der Waals surface area contributed by atoms with Crippen molar-refractivity contribution in [2.24, 2.45) is 0 Å². The number of halogens is 2. The van der Waals surface area contributed by atoms with Crippen molar-refractivity contribution in [3.05, 3.63) is 101 Å². The maximum atomic E-state index is 13.5. The summed E-state index contributed by atoms with van der Waals surface area (Å²) in [5.74, 6) is 0.122. The van der Waals surface area contributed by atoms with E-state index in [-0.39, 0.29) is 30.6 Å². The van der Waals surface area contributed by atoms with Gasteiger partial charge in [0.25, 0.3) is 0 Å². The second-order valence-corrected chi connectivity index (χ2v) is 8.00. The molecule has 0 saturated carbocycles. The lowest BCUT2D eigenvalue weighted by atomic mass is 9.63. The fraction of sp³-hybridized carbons (Fsp3) is 0.200. The van der Waals surface area contributed by atoms with E-state index >= 15 is 0 Å². The lowest BCUT2D eigenvalue weighted by Crippen LogP contribution is -2.64. The largest absolute Gasteiger partial charge is 0.489 e. The molecule has 158 valence electrons. The van der Waals surface area contributed by atoms with Crippen LogP contribution in [0.2, 0.25) is 0 Å². The van der Waals surface area contributed by atoms with Gasteiger partial charge in [-0.25, -0.2) is 4.39 Å². The van der Waals surface area contributed by atoms with Gasteiger partial charge in [-0.15, -0.1) is 0 Å². The Morgan fingerprint density at radius 3 is 2.29 bits per heavy atom. The molecule has 1 saturated heterocycles. The number of β-lactam (4-membered cyclic amide) rings is 1. The van der Waals surface area contributed by atoms with Crippen LogP contribution >= 0.6 is 11.6 Å². The Balaban J connectivity index is 1.57. The molecule has 0 aromatic heterocycles. The van der Waals surface area contributed by atoms with Crippen molar-refractivity contribution in [1.82, 2.24) is 5.32 Å².